The number of hydrogen-bond acceptors (Lipinski definition) is 4. The molecule has 0 spiro atoms. The van der Waals surface area contributed by atoms with Crippen molar-refractivity contribution < 1.29 is 19.7 Å². The first-order valence-electron chi connectivity index (χ1n) is 7.97. The van der Waals surface area contributed by atoms with E-state index in [1.54, 1.807) is 6.07 Å². The zero-order chi connectivity index (χ0) is 16.4. The molecule has 0 saturated heterocycles. The largest absolute Gasteiger partial charge is 0.507 e. The molecule has 3 N–H and O–H groups in total. The van der Waals surface area contributed by atoms with Crippen molar-refractivity contribution in [2.24, 2.45) is 5.92 Å². The average Bonchev–Trinajstić information content (AvgIpc) is 2.53. The lowest BCUT2D eigenvalue weighted by Gasteiger charge is -2.16. The molecule has 5 nitrogen and oxygen atoms in total. The van der Waals surface area contributed by atoms with E-state index >= 15 is 0 Å². The Labute approximate surface area is 132 Å². The zero-order valence-electron chi connectivity index (χ0n) is 13.5. The average molecular weight is 309 g/mol. The predicted octanol–water partition coefficient (Wildman–Crippen LogP) is 2.71. The Bertz CT molecular complexity index is 462. The highest BCUT2D eigenvalue weighted by molar-refractivity contribution is 5.96. The second-order valence-corrected chi connectivity index (χ2v) is 5.39. The standard InChI is InChI=1S/C17H27NO4/c1-3-5-6-13(4-2)12-22-14-7-8-15(16(20)11-14)17(21)18-9-10-19/h7-8,11,13,19-20H,3-6,9-10,12H2,1-2H3,(H,18,21). The number of rotatable bonds is 10. The summed E-state index contributed by atoms with van der Waals surface area (Å²) in [5.41, 5.74) is 0.179. The van der Waals surface area contributed by atoms with Gasteiger partial charge in [0, 0.05) is 12.6 Å². The monoisotopic (exact) mass is 309 g/mol. The number of aliphatic hydroxyl groups excluding tert-OH is 1. The van der Waals surface area contributed by atoms with Crippen LogP contribution in [0.15, 0.2) is 18.2 Å². The molecule has 0 radical (unpaired) electrons. The third-order valence-electron chi connectivity index (χ3n) is 3.64. The molecule has 0 aromatic heterocycles. The molecule has 0 aliphatic carbocycles. The van der Waals surface area contributed by atoms with Crippen LogP contribution < -0.4 is 10.1 Å². The highest BCUT2D eigenvalue weighted by Gasteiger charge is 2.12. The summed E-state index contributed by atoms with van der Waals surface area (Å²) in [5, 5.41) is 21.1. The second kappa shape index (κ2) is 10.1. The number of unbranched alkanes of at least 4 members (excludes halogenated alkanes) is 1. The van der Waals surface area contributed by atoms with E-state index in [2.05, 4.69) is 19.2 Å². The minimum atomic E-state index is -0.410. The summed E-state index contributed by atoms with van der Waals surface area (Å²) < 4.78 is 5.72. The van der Waals surface area contributed by atoms with E-state index in [0.717, 1.165) is 12.8 Å². The maximum Gasteiger partial charge on any atom is 0.255 e. The van der Waals surface area contributed by atoms with Crippen LogP contribution >= 0.6 is 0 Å². The summed E-state index contributed by atoms with van der Waals surface area (Å²) >= 11 is 0. The zero-order valence-corrected chi connectivity index (χ0v) is 13.5. The molecule has 1 atom stereocenters. The van der Waals surface area contributed by atoms with Crippen molar-refractivity contribution >= 4 is 5.91 Å². The first-order valence-corrected chi connectivity index (χ1v) is 7.97. The van der Waals surface area contributed by atoms with Gasteiger partial charge in [-0.05, 0) is 24.5 Å². The molecule has 0 saturated carbocycles. The lowest BCUT2D eigenvalue weighted by Crippen LogP contribution is -2.26. The van der Waals surface area contributed by atoms with Crippen LogP contribution in [0.3, 0.4) is 0 Å². The van der Waals surface area contributed by atoms with Crippen LogP contribution in [0.5, 0.6) is 11.5 Å². The van der Waals surface area contributed by atoms with Crippen LogP contribution in [0.2, 0.25) is 0 Å². The molecule has 0 aliphatic heterocycles. The number of benzene rings is 1. The Kier molecular flexibility index (Phi) is 8.36. The van der Waals surface area contributed by atoms with Crippen molar-refractivity contribution in [3.8, 4) is 11.5 Å². The minimum Gasteiger partial charge on any atom is -0.507 e. The quantitative estimate of drug-likeness (QED) is 0.621. The van der Waals surface area contributed by atoms with Gasteiger partial charge >= 0.3 is 0 Å². The van der Waals surface area contributed by atoms with Crippen molar-refractivity contribution in [1.29, 1.82) is 0 Å². The van der Waals surface area contributed by atoms with E-state index < -0.39 is 5.91 Å². The molecule has 1 amide bonds. The van der Waals surface area contributed by atoms with Gasteiger partial charge in [-0.2, -0.15) is 0 Å². The Hall–Kier alpha value is -1.75. The first-order chi connectivity index (χ1) is 10.6. The van der Waals surface area contributed by atoms with Crippen LogP contribution in [0.25, 0.3) is 0 Å². The molecule has 0 heterocycles. The molecule has 1 rings (SSSR count). The Morgan fingerprint density at radius 2 is 2.14 bits per heavy atom. The van der Waals surface area contributed by atoms with E-state index in [4.69, 9.17) is 9.84 Å². The number of phenolic OH excluding ortho intramolecular Hbond substituents is 1. The SMILES string of the molecule is CCCCC(CC)COc1ccc(C(=O)NCCO)c(O)c1. The van der Waals surface area contributed by atoms with Crippen molar-refractivity contribution in [3.05, 3.63) is 23.8 Å². The first kappa shape index (κ1) is 18.3. The lowest BCUT2D eigenvalue weighted by atomic mass is 10.0. The van der Waals surface area contributed by atoms with Gasteiger partial charge in [0.1, 0.15) is 11.5 Å². The minimum absolute atomic E-state index is 0.116. The predicted molar refractivity (Wildman–Crippen MR) is 86.3 cm³/mol. The Morgan fingerprint density at radius 1 is 1.36 bits per heavy atom. The highest BCUT2D eigenvalue weighted by Crippen LogP contribution is 2.24. The van der Waals surface area contributed by atoms with E-state index in [1.807, 2.05) is 0 Å². The summed E-state index contributed by atoms with van der Waals surface area (Å²) in [7, 11) is 0. The molecule has 22 heavy (non-hydrogen) atoms. The van der Waals surface area contributed by atoms with E-state index in [1.165, 1.54) is 25.0 Å². The van der Waals surface area contributed by atoms with Crippen molar-refractivity contribution in [1.82, 2.24) is 5.32 Å². The molecular formula is C17H27NO4. The topological polar surface area (TPSA) is 78.8 Å². The number of hydrogen-bond donors (Lipinski definition) is 3. The summed E-state index contributed by atoms with van der Waals surface area (Å²) in [4.78, 5) is 11.7. The van der Waals surface area contributed by atoms with E-state index in [9.17, 15) is 9.90 Å². The maximum absolute atomic E-state index is 11.7. The van der Waals surface area contributed by atoms with Gasteiger partial charge in [-0.25, -0.2) is 0 Å². The molecule has 0 fully saturated rings. The molecule has 1 unspecified atom stereocenters. The smallest absolute Gasteiger partial charge is 0.255 e. The fourth-order valence-corrected chi connectivity index (χ4v) is 2.17. The van der Waals surface area contributed by atoms with E-state index in [-0.39, 0.29) is 24.5 Å². The van der Waals surface area contributed by atoms with Gasteiger partial charge in [0.2, 0.25) is 0 Å². The van der Waals surface area contributed by atoms with Gasteiger partial charge in [-0.3, -0.25) is 4.79 Å². The number of aromatic hydroxyl groups is 1. The summed E-state index contributed by atoms with van der Waals surface area (Å²) in [6.45, 7) is 4.96. The van der Waals surface area contributed by atoms with Gasteiger partial charge in [0.15, 0.2) is 0 Å². The lowest BCUT2D eigenvalue weighted by molar-refractivity contribution is 0.0942. The van der Waals surface area contributed by atoms with Crippen molar-refractivity contribution in [2.45, 2.75) is 39.5 Å². The summed E-state index contributed by atoms with van der Waals surface area (Å²) in [6.07, 6.45) is 4.57. The Balaban J connectivity index is 2.59. The van der Waals surface area contributed by atoms with Gasteiger partial charge in [-0.15, -0.1) is 0 Å². The number of ether oxygens (including phenoxy) is 1. The fourth-order valence-electron chi connectivity index (χ4n) is 2.17. The van der Waals surface area contributed by atoms with Gasteiger partial charge in [0.05, 0.1) is 18.8 Å². The Morgan fingerprint density at radius 3 is 2.73 bits per heavy atom. The van der Waals surface area contributed by atoms with Gasteiger partial charge in [-0.1, -0.05) is 33.1 Å². The number of nitrogens with one attached hydrogen (secondary N) is 1. The van der Waals surface area contributed by atoms with Gasteiger partial charge in [0.25, 0.3) is 5.91 Å². The third kappa shape index (κ3) is 5.93. The maximum atomic E-state index is 11.7. The third-order valence-corrected chi connectivity index (χ3v) is 3.64. The van der Waals surface area contributed by atoms with E-state index in [0.29, 0.717) is 18.3 Å². The number of carbonyl (C=O) groups excluding carboxylic acids is 1. The fraction of sp³-hybridized carbons (Fsp3) is 0.588. The number of phenols is 1. The van der Waals surface area contributed by atoms with Crippen LogP contribution in [0.1, 0.15) is 49.9 Å². The second-order valence-electron chi connectivity index (χ2n) is 5.39. The van der Waals surface area contributed by atoms with Crippen molar-refractivity contribution in [3.63, 3.8) is 0 Å². The van der Waals surface area contributed by atoms with Crippen molar-refractivity contribution in [2.75, 3.05) is 19.8 Å². The molecule has 0 bridgehead atoms. The molecule has 1 aromatic rings. The molecular weight excluding hydrogens is 282 g/mol. The van der Waals surface area contributed by atoms with Crippen LogP contribution in [0.4, 0.5) is 0 Å². The molecule has 0 aliphatic rings. The van der Waals surface area contributed by atoms with Crippen LogP contribution in [0, 0.1) is 5.92 Å². The molecule has 1 aromatic carbocycles. The highest BCUT2D eigenvalue weighted by atomic mass is 16.5. The number of aliphatic hydroxyl groups is 1. The van der Waals surface area contributed by atoms with Crippen LogP contribution in [-0.2, 0) is 0 Å². The normalized spacial score (nSPS) is 12.0. The van der Waals surface area contributed by atoms with Crippen LogP contribution in [-0.4, -0.2) is 35.9 Å². The molecule has 124 valence electrons. The summed E-state index contributed by atoms with van der Waals surface area (Å²) in [5.74, 6) is 0.544. The summed E-state index contributed by atoms with van der Waals surface area (Å²) in [6, 6.07) is 4.67. The number of amides is 1. The number of carbonyl (C=O) groups is 1. The van der Waals surface area contributed by atoms with Gasteiger partial charge < -0.3 is 20.3 Å². The molecule has 5 heteroatoms.